The van der Waals surface area contributed by atoms with Crippen molar-refractivity contribution < 1.29 is 4.74 Å². The first-order valence-electron chi connectivity index (χ1n) is 8.16. The van der Waals surface area contributed by atoms with Gasteiger partial charge in [0.05, 0.1) is 11.6 Å². The van der Waals surface area contributed by atoms with E-state index in [-0.39, 0.29) is 0 Å². The molecular formula is C16H28N4OS. The molecular weight excluding hydrogens is 296 g/mol. The molecule has 0 aromatic carbocycles. The van der Waals surface area contributed by atoms with Crippen molar-refractivity contribution in [3.63, 3.8) is 0 Å². The third-order valence-corrected chi connectivity index (χ3v) is 4.83. The lowest BCUT2D eigenvalue weighted by atomic mass is 10.1. The number of thiazole rings is 1. The van der Waals surface area contributed by atoms with E-state index in [2.05, 4.69) is 27.5 Å². The summed E-state index contributed by atoms with van der Waals surface area (Å²) in [7, 11) is 1.78. The Morgan fingerprint density at radius 3 is 3.14 bits per heavy atom. The minimum atomic E-state index is 0.632. The first kappa shape index (κ1) is 17.2. The van der Waals surface area contributed by atoms with Gasteiger partial charge in [-0.2, -0.15) is 0 Å². The fraction of sp³-hybridized carbons (Fsp3) is 0.750. The Morgan fingerprint density at radius 2 is 2.45 bits per heavy atom. The third kappa shape index (κ3) is 5.25. The SMILES string of the molecule is CCNC(=NCCCc1nc(C)cs1)N1CCC(COC)C1. The molecule has 5 nitrogen and oxygen atoms in total. The maximum absolute atomic E-state index is 5.27. The van der Waals surface area contributed by atoms with Gasteiger partial charge in [-0.15, -0.1) is 11.3 Å². The van der Waals surface area contributed by atoms with Gasteiger partial charge < -0.3 is 15.0 Å². The summed E-state index contributed by atoms with van der Waals surface area (Å²) in [5, 5.41) is 6.75. The molecule has 0 aliphatic carbocycles. The van der Waals surface area contributed by atoms with Gasteiger partial charge >= 0.3 is 0 Å². The van der Waals surface area contributed by atoms with Crippen LogP contribution in [0.1, 0.15) is 30.5 Å². The number of aromatic nitrogens is 1. The Morgan fingerprint density at radius 1 is 1.59 bits per heavy atom. The molecule has 6 heteroatoms. The molecule has 0 bridgehead atoms. The molecule has 22 heavy (non-hydrogen) atoms. The van der Waals surface area contributed by atoms with E-state index < -0.39 is 0 Å². The molecule has 1 aliphatic rings. The number of likely N-dealkylation sites (tertiary alicyclic amines) is 1. The number of hydrogen-bond donors (Lipinski definition) is 1. The second-order valence-electron chi connectivity index (χ2n) is 5.78. The molecule has 1 unspecified atom stereocenters. The van der Waals surface area contributed by atoms with Crippen molar-refractivity contribution in [2.45, 2.75) is 33.1 Å². The number of aryl methyl sites for hydroxylation is 2. The van der Waals surface area contributed by atoms with Crippen molar-refractivity contribution in [3.8, 4) is 0 Å². The van der Waals surface area contributed by atoms with E-state index in [4.69, 9.17) is 9.73 Å². The predicted octanol–water partition coefficient (Wildman–Crippen LogP) is 2.32. The van der Waals surface area contributed by atoms with Crippen LogP contribution in [0.3, 0.4) is 0 Å². The summed E-state index contributed by atoms with van der Waals surface area (Å²) in [5.74, 6) is 1.68. The normalized spacial score (nSPS) is 19.0. The number of guanidine groups is 1. The molecule has 2 rings (SSSR count). The third-order valence-electron chi connectivity index (χ3n) is 3.80. The first-order chi connectivity index (χ1) is 10.7. The van der Waals surface area contributed by atoms with E-state index in [1.807, 2.05) is 6.92 Å². The van der Waals surface area contributed by atoms with Crippen LogP contribution in [0.15, 0.2) is 10.4 Å². The molecule has 1 aromatic rings. The minimum absolute atomic E-state index is 0.632. The molecule has 1 aromatic heterocycles. The van der Waals surface area contributed by atoms with Gasteiger partial charge in [-0.25, -0.2) is 4.98 Å². The number of nitrogens with zero attached hydrogens (tertiary/aromatic N) is 3. The quantitative estimate of drug-likeness (QED) is 0.475. The highest BCUT2D eigenvalue weighted by Crippen LogP contribution is 2.16. The summed E-state index contributed by atoms with van der Waals surface area (Å²) >= 11 is 1.75. The fourth-order valence-corrected chi connectivity index (χ4v) is 3.57. The van der Waals surface area contributed by atoms with E-state index in [0.29, 0.717) is 5.92 Å². The van der Waals surface area contributed by atoms with E-state index in [9.17, 15) is 0 Å². The Hall–Kier alpha value is -1.14. The van der Waals surface area contributed by atoms with Crippen molar-refractivity contribution in [2.75, 3.05) is 39.9 Å². The lowest BCUT2D eigenvalue weighted by Gasteiger charge is -2.21. The molecule has 2 heterocycles. The zero-order valence-corrected chi connectivity index (χ0v) is 14.8. The summed E-state index contributed by atoms with van der Waals surface area (Å²) in [5.41, 5.74) is 1.12. The van der Waals surface area contributed by atoms with Crippen molar-refractivity contribution in [1.29, 1.82) is 0 Å². The summed E-state index contributed by atoms with van der Waals surface area (Å²) in [6.45, 7) is 8.90. The highest BCUT2D eigenvalue weighted by molar-refractivity contribution is 7.09. The van der Waals surface area contributed by atoms with E-state index in [0.717, 1.165) is 57.3 Å². The van der Waals surface area contributed by atoms with Crippen LogP contribution in [0.5, 0.6) is 0 Å². The summed E-state index contributed by atoms with van der Waals surface area (Å²) in [4.78, 5) is 11.6. The van der Waals surface area contributed by atoms with E-state index in [1.165, 1.54) is 11.4 Å². The van der Waals surface area contributed by atoms with Crippen LogP contribution >= 0.6 is 11.3 Å². The Kier molecular flexibility index (Phi) is 7.12. The van der Waals surface area contributed by atoms with Gasteiger partial charge in [0.15, 0.2) is 5.96 Å². The van der Waals surface area contributed by atoms with Gasteiger partial charge in [-0.3, -0.25) is 4.99 Å². The number of rotatable bonds is 7. The Bertz CT molecular complexity index is 474. The van der Waals surface area contributed by atoms with Gasteiger partial charge in [0, 0.05) is 56.7 Å². The monoisotopic (exact) mass is 324 g/mol. The van der Waals surface area contributed by atoms with Crippen molar-refractivity contribution in [1.82, 2.24) is 15.2 Å². The molecule has 1 aliphatic heterocycles. The highest BCUT2D eigenvalue weighted by Gasteiger charge is 2.24. The topological polar surface area (TPSA) is 49.8 Å². The number of ether oxygens (including phenoxy) is 1. The second-order valence-corrected chi connectivity index (χ2v) is 6.72. The zero-order valence-electron chi connectivity index (χ0n) is 14.0. The van der Waals surface area contributed by atoms with Gasteiger partial charge in [-0.05, 0) is 26.7 Å². The molecule has 0 saturated carbocycles. The Labute approximate surface area is 137 Å². The lowest BCUT2D eigenvalue weighted by molar-refractivity contribution is 0.157. The van der Waals surface area contributed by atoms with Crippen molar-refractivity contribution in [2.24, 2.45) is 10.9 Å². The van der Waals surface area contributed by atoms with E-state index >= 15 is 0 Å². The average molecular weight is 324 g/mol. The van der Waals surface area contributed by atoms with Crippen LogP contribution in [-0.4, -0.2) is 55.7 Å². The zero-order chi connectivity index (χ0) is 15.8. The maximum atomic E-state index is 5.27. The summed E-state index contributed by atoms with van der Waals surface area (Å²) in [6, 6.07) is 0. The lowest BCUT2D eigenvalue weighted by Crippen LogP contribution is -2.40. The standard InChI is InChI=1S/C16H28N4OS/c1-4-17-16(20-9-7-14(10-20)11-21-3)18-8-5-6-15-19-13(2)12-22-15/h12,14H,4-11H2,1-3H3,(H,17,18). The molecule has 0 spiro atoms. The molecule has 1 fully saturated rings. The molecule has 124 valence electrons. The van der Waals surface area contributed by atoms with Gasteiger partial charge in [0.25, 0.3) is 0 Å². The number of nitrogens with one attached hydrogen (secondary N) is 1. The second kappa shape index (κ2) is 9.10. The van der Waals surface area contributed by atoms with E-state index in [1.54, 1.807) is 18.4 Å². The maximum Gasteiger partial charge on any atom is 0.193 e. The molecule has 1 saturated heterocycles. The van der Waals surface area contributed by atoms with Gasteiger partial charge in [0.1, 0.15) is 0 Å². The van der Waals surface area contributed by atoms with Crippen LogP contribution < -0.4 is 5.32 Å². The highest BCUT2D eigenvalue weighted by atomic mass is 32.1. The van der Waals surface area contributed by atoms with Crippen molar-refractivity contribution >= 4 is 17.3 Å². The number of hydrogen-bond acceptors (Lipinski definition) is 4. The van der Waals surface area contributed by atoms with Crippen LogP contribution in [0, 0.1) is 12.8 Å². The van der Waals surface area contributed by atoms with Crippen LogP contribution in [0.4, 0.5) is 0 Å². The molecule has 0 amide bonds. The van der Waals surface area contributed by atoms with Crippen LogP contribution in [0.25, 0.3) is 0 Å². The average Bonchev–Trinajstić information content (AvgIpc) is 3.12. The van der Waals surface area contributed by atoms with Gasteiger partial charge in [0.2, 0.25) is 0 Å². The first-order valence-corrected chi connectivity index (χ1v) is 9.04. The molecule has 1 atom stereocenters. The minimum Gasteiger partial charge on any atom is -0.384 e. The Balaban J connectivity index is 1.79. The fourth-order valence-electron chi connectivity index (χ4n) is 2.76. The van der Waals surface area contributed by atoms with Gasteiger partial charge in [-0.1, -0.05) is 0 Å². The predicted molar refractivity (Wildman–Crippen MR) is 92.7 cm³/mol. The largest absolute Gasteiger partial charge is 0.384 e. The number of aliphatic imine (C=N–C) groups is 1. The summed E-state index contributed by atoms with van der Waals surface area (Å²) < 4.78 is 5.27. The van der Waals surface area contributed by atoms with Crippen LogP contribution in [-0.2, 0) is 11.2 Å². The molecule has 1 N–H and O–H groups in total. The molecule has 0 radical (unpaired) electrons. The summed E-state index contributed by atoms with van der Waals surface area (Å²) in [6.07, 6.45) is 3.27. The smallest absolute Gasteiger partial charge is 0.193 e. The van der Waals surface area contributed by atoms with Crippen molar-refractivity contribution in [3.05, 3.63) is 16.1 Å². The number of methoxy groups -OCH3 is 1. The van der Waals surface area contributed by atoms with Crippen LogP contribution in [0.2, 0.25) is 0 Å².